The molecule has 0 unspecified atom stereocenters. The largest absolute Gasteiger partial charge is 0.497 e. The van der Waals surface area contributed by atoms with Gasteiger partial charge in [0, 0.05) is 30.4 Å². The highest BCUT2D eigenvalue weighted by Crippen LogP contribution is 2.34. The fourth-order valence-electron chi connectivity index (χ4n) is 4.61. The molecule has 7 nitrogen and oxygen atoms in total. The van der Waals surface area contributed by atoms with Crippen LogP contribution in [0.5, 0.6) is 5.75 Å². The molecule has 0 bridgehead atoms. The average Bonchev–Trinajstić information content (AvgIpc) is 3.35. The lowest BCUT2D eigenvalue weighted by atomic mass is 9.81. The van der Waals surface area contributed by atoms with Crippen LogP contribution in [0, 0.1) is 11.8 Å². The number of aromatic nitrogens is 1. The smallest absolute Gasteiger partial charge is 0.308 e. The second-order valence-corrected chi connectivity index (χ2v) is 9.55. The molecule has 33 heavy (non-hydrogen) atoms. The minimum Gasteiger partial charge on any atom is -0.497 e. The Labute approximate surface area is 197 Å². The first-order valence-corrected chi connectivity index (χ1v) is 12.3. The molecular weight excluding hydrogens is 440 g/mol. The van der Waals surface area contributed by atoms with E-state index in [1.54, 1.807) is 31.3 Å². The number of hydrogen-bond donors (Lipinski definition) is 2. The van der Waals surface area contributed by atoms with Crippen molar-refractivity contribution in [2.75, 3.05) is 32.5 Å². The summed E-state index contributed by atoms with van der Waals surface area (Å²) in [5.74, 6) is 0.453. The number of benzene rings is 1. The predicted octanol–water partition coefficient (Wildman–Crippen LogP) is 4.47. The number of methoxy groups -OCH3 is 1. The quantitative estimate of drug-likeness (QED) is 0.419. The summed E-state index contributed by atoms with van der Waals surface area (Å²) >= 11 is 1.64. The third kappa shape index (κ3) is 5.88. The molecule has 1 aliphatic heterocycles. The van der Waals surface area contributed by atoms with Crippen LogP contribution in [-0.4, -0.2) is 58.6 Å². The first-order valence-electron chi connectivity index (χ1n) is 11.3. The van der Waals surface area contributed by atoms with Crippen molar-refractivity contribution in [3.8, 4) is 5.75 Å². The summed E-state index contributed by atoms with van der Waals surface area (Å²) in [5, 5.41) is 22.6. The van der Waals surface area contributed by atoms with Gasteiger partial charge in [0.25, 0.3) is 0 Å². The van der Waals surface area contributed by atoms with Gasteiger partial charge in [0.1, 0.15) is 5.75 Å². The third-order valence-corrected chi connectivity index (χ3v) is 7.36. The van der Waals surface area contributed by atoms with E-state index in [0.717, 1.165) is 46.8 Å². The van der Waals surface area contributed by atoms with E-state index in [4.69, 9.17) is 9.15 Å². The summed E-state index contributed by atoms with van der Waals surface area (Å²) in [7, 11) is 1.61. The number of fused-ring (bicyclic) bond motifs is 1. The van der Waals surface area contributed by atoms with Gasteiger partial charge >= 0.3 is 5.97 Å². The zero-order valence-corrected chi connectivity index (χ0v) is 19.5. The molecule has 1 aliphatic rings. The average molecular weight is 471 g/mol. The summed E-state index contributed by atoms with van der Waals surface area (Å²) in [5.41, 5.74) is 1.61. The topological polar surface area (TPSA) is 96.0 Å². The maximum absolute atomic E-state index is 12.0. The number of piperidine rings is 1. The lowest BCUT2D eigenvalue weighted by molar-refractivity contribution is -0.146. The van der Waals surface area contributed by atoms with Gasteiger partial charge in [-0.25, -0.2) is 0 Å². The van der Waals surface area contributed by atoms with E-state index in [2.05, 4.69) is 9.88 Å². The lowest BCUT2D eigenvalue weighted by Crippen LogP contribution is -2.44. The van der Waals surface area contributed by atoms with Gasteiger partial charge in [0.05, 0.1) is 30.9 Å². The second-order valence-electron chi connectivity index (χ2n) is 8.45. The number of thioether (sulfide) groups is 1. The maximum Gasteiger partial charge on any atom is 0.308 e. The summed E-state index contributed by atoms with van der Waals surface area (Å²) in [6.07, 6.45) is 4.68. The highest BCUT2D eigenvalue weighted by atomic mass is 32.2. The second kappa shape index (κ2) is 11.0. The van der Waals surface area contributed by atoms with E-state index < -0.39 is 18.0 Å². The number of aliphatic carboxylic acids is 1. The molecule has 4 rings (SSSR count). The van der Waals surface area contributed by atoms with Crippen molar-refractivity contribution in [1.29, 1.82) is 0 Å². The number of ether oxygens (including phenoxy) is 1. The molecule has 176 valence electrons. The molecule has 2 aromatic heterocycles. The van der Waals surface area contributed by atoms with Gasteiger partial charge in [-0.2, -0.15) is 0 Å². The molecule has 0 aliphatic carbocycles. The third-order valence-electron chi connectivity index (χ3n) is 6.46. The summed E-state index contributed by atoms with van der Waals surface area (Å²) in [6, 6.07) is 11.3. The number of carboxylic acid groups (broad SMARTS) is 1. The zero-order chi connectivity index (χ0) is 23.2. The summed E-state index contributed by atoms with van der Waals surface area (Å²) in [4.78, 5) is 18.6. The molecule has 0 radical (unpaired) electrons. The van der Waals surface area contributed by atoms with Gasteiger partial charge < -0.3 is 24.3 Å². The number of nitrogens with zero attached hydrogens (tertiary/aromatic N) is 2. The van der Waals surface area contributed by atoms with Gasteiger partial charge in [0.2, 0.25) is 0 Å². The number of carbonyl (C=O) groups is 1. The number of pyridine rings is 1. The highest BCUT2D eigenvalue weighted by Gasteiger charge is 2.34. The van der Waals surface area contributed by atoms with Crippen LogP contribution in [-0.2, 0) is 4.79 Å². The van der Waals surface area contributed by atoms with Crippen LogP contribution in [0.15, 0.2) is 58.4 Å². The fraction of sp³-hybridized carbons (Fsp3) is 0.440. The van der Waals surface area contributed by atoms with Crippen molar-refractivity contribution >= 4 is 28.6 Å². The van der Waals surface area contributed by atoms with E-state index in [0.29, 0.717) is 25.1 Å². The Morgan fingerprint density at radius 3 is 3.00 bits per heavy atom. The molecule has 0 spiro atoms. The number of carboxylic acids is 1. The standard InChI is InChI=1S/C25H30N2O5S/c1-31-18-5-6-22-20(15-18)19(8-10-26-22)23(28)7-4-17-9-11-27(16-21(17)25(29)30)12-14-33-24-3-2-13-32-24/h2-3,5-6,8,10,13,15,17,21,23,28H,4,7,9,11-12,14,16H2,1H3,(H,29,30)/t17-,21+,23-/m1/s1. The number of furan rings is 1. The zero-order valence-electron chi connectivity index (χ0n) is 18.7. The van der Waals surface area contributed by atoms with Crippen molar-refractivity contribution in [3.63, 3.8) is 0 Å². The molecule has 0 amide bonds. The number of rotatable bonds is 10. The number of hydrogen-bond acceptors (Lipinski definition) is 7. The fourth-order valence-corrected chi connectivity index (χ4v) is 5.46. The maximum atomic E-state index is 12.0. The summed E-state index contributed by atoms with van der Waals surface area (Å²) in [6.45, 7) is 2.25. The minimum absolute atomic E-state index is 0.0498. The van der Waals surface area contributed by atoms with E-state index in [9.17, 15) is 15.0 Å². The van der Waals surface area contributed by atoms with E-state index in [1.165, 1.54) is 0 Å². The van der Waals surface area contributed by atoms with Crippen molar-refractivity contribution in [1.82, 2.24) is 9.88 Å². The van der Waals surface area contributed by atoms with Gasteiger partial charge in [-0.3, -0.25) is 9.78 Å². The lowest BCUT2D eigenvalue weighted by Gasteiger charge is -2.36. The van der Waals surface area contributed by atoms with Crippen LogP contribution < -0.4 is 4.74 Å². The Hall–Kier alpha value is -2.55. The molecule has 1 saturated heterocycles. The normalized spacial score (nSPS) is 20.1. The van der Waals surface area contributed by atoms with Gasteiger partial charge in [-0.1, -0.05) is 11.8 Å². The van der Waals surface area contributed by atoms with Crippen LogP contribution >= 0.6 is 11.8 Å². The Balaban J connectivity index is 1.34. The van der Waals surface area contributed by atoms with E-state index in [-0.39, 0.29) is 5.92 Å². The molecule has 1 aromatic carbocycles. The van der Waals surface area contributed by atoms with Crippen LogP contribution in [0.1, 0.15) is 30.9 Å². The SMILES string of the molecule is COc1ccc2nccc([C@H](O)CC[C@@H]3CCN(CCSc4ccco4)C[C@@H]3C(=O)O)c2c1. The van der Waals surface area contributed by atoms with Crippen molar-refractivity contribution in [2.24, 2.45) is 11.8 Å². The molecule has 1 fully saturated rings. The monoisotopic (exact) mass is 470 g/mol. The Kier molecular flexibility index (Phi) is 7.90. The number of aliphatic hydroxyl groups is 1. The Morgan fingerprint density at radius 2 is 2.24 bits per heavy atom. The van der Waals surface area contributed by atoms with E-state index in [1.807, 2.05) is 36.4 Å². The first-order chi connectivity index (χ1) is 16.0. The summed E-state index contributed by atoms with van der Waals surface area (Å²) < 4.78 is 10.7. The first kappa shape index (κ1) is 23.6. The van der Waals surface area contributed by atoms with Crippen LogP contribution in [0.4, 0.5) is 0 Å². The molecular formula is C25H30N2O5S. The number of likely N-dealkylation sites (tertiary alicyclic amines) is 1. The van der Waals surface area contributed by atoms with Crippen LogP contribution in [0.25, 0.3) is 10.9 Å². The van der Waals surface area contributed by atoms with Crippen LogP contribution in [0.3, 0.4) is 0 Å². The molecule has 0 saturated carbocycles. The highest BCUT2D eigenvalue weighted by molar-refractivity contribution is 7.99. The minimum atomic E-state index is -0.753. The van der Waals surface area contributed by atoms with Gasteiger partial charge in [-0.15, -0.1) is 0 Å². The molecule has 3 atom stereocenters. The predicted molar refractivity (Wildman–Crippen MR) is 128 cm³/mol. The molecule has 2 N–H and O–H groups in total. The Morgan fingerprint density at radius 1 is 1.36 bits per heavy atom. The van der Waals surface area contributed by atoms with Gasteiger partial charge in [-0.05, 0) is 73.7 Å². The van der Waals surface area contributed by atoms with Crippen molar-refractivity contribution < 1.29 is 24.2 Å². The van der Waals surface area contributed by atoms with Crippen molar-refractivity contribution in [3.05, 3.63) is 54.4 Å². The van der Waals surface area contributed by atoms with Crippen LogP contribution in [0.2, 0.25) is 0 Å². The molecule has 8 heteroatoms. The number of aliphatic hydroxyl groups excluding tert-OH is 1. The molecule has 3 heterocycles. The van der Waals surface area contributed by atoms with Gasteiger partial charge in [0.15, 0.2) is 5.09 Å². The van der Waals surface area contributed by atoms with Crippen molar-refractivity contribution in [2.45, 2.75) is 30.5 Å². The van der Waals surface area contributed by atoms with E-state index >= 15 is 0 Å². The molecule has 3 aromatic rings. The Bertz CT molecular complexity index is 1060.